The maximum absolute atomic E-state index is 13.5. The number of carboxylic acids is 1. The van der Waals surface area contributed by atoms with E-state index in [2.05, 4.69) is 4.90 Å². The van der Waals surface area contributed by atoms with Crippen molar-refractivity contribution in [1.82, 2.24) is 9.21 Å². The van der Waals surface area contributed by atoms with Gasteiger partial charge in [-0.15, -0.1) is 0 Å². The smallest absolute Gasteiger partial charge is 0.309 e. The highest BCUT2D eigenvalue weighted by molar-refractivity contribution is 7.89. The Kier molecular flexibility index (Phi) is 8.30. The van der Waals surface area contributed by atoms with Crippen LogP contribution >= 0.6 is 0 Å². The zero-order valence-electron chi connectivity index (χ0n) is 22.6. The van der Waals surface area contributed by atoms with Gasteiger partial charge < -0.3 is 19.3 Å². The summed E-state index contributed by atoms with van der Waals surface area (Å²) >= 11 is 0. The number of carbonyl (C=O) groups is 1. The van der Waals surface area contributed by atoms with Crippen LogP contribution in [0.4, 0.5) is 0 Å². The second-order valence-electron chi connectivity index (χ2n) is 10.0. The molecule has 2 heterocycles. The normalized spacial score (nSPS) is 20.6. The number of methoxy groups -OCH3 is 1. The van der Waals surface area contributed by atoms with Gasteiger partial charge in [0.15, 0.2) is 11.5 Å². The van der Waals surface area contributed by atoms with Gasteiger partial charge in [-0.1, -0.05) is 43.3 Å². The highest BCUT2D eigenvalue weighted by Crippen LogP contribution is 2.47. The number of nitrogens with zero attached hydrogens (tertiary/aromatic N) is 2. The van der Waals surface area contributed by atoms with Crippen LogP contribution in [0.15, 0.2) is 77.7 Å². The molecule has 9 nitrogen and oxygen atoms in total. The SMILES string of the molecule is CCCN(CCN1C[C@@H](c2ccc3c(c2)OCO3)[C@H](C(=O)O)[C@H]1c1ccc(OC)cc1)S(=O)(=O)c1ccccc1. The fourth-order valence-electron chi connectivity index (χ4n) is 5.72. The summed E-state index contributed by atoms with van der Waals surface area (Å²) in [5.41, 5.74) is 1.68. The van der Waals surface area contributed by atoms with E-state index in [0.717, 1.165) is 11.1 Å². The number of benzene rings is 3. The van der Waals surface area contributed by atoms with Crippen LogP contribution in [-0.4, -0.2) is 68.8 Å². The lowest BCUT2D eigenvalue weighted by molar-refractivity contribution is -0.143. The minimum atomic E-state index is -3.71. The molecule has 0 aliphatic carbocycles. The van der Waals surface area contributed by atoms with Crippen LogP contribution in [0, 0.1) is 5.92 Å². The molecular weight excluding hydrogens is 532 g/mol. The van der Waals surface area contributed by atoms with Crippen molar-refractivity contribution in [2.24, 2.45) is 5.92 Å². The lowest BCUT2D eigenvalue weighted by Gasteiger charge is -2.30. The van der Waals surface area contributed by atoms with Gasteiger partial charge in [-0.2, -0.15) is 4.31 Å². The molecule has 0 unspecified atom stereocenters. The second-order valence-corrected chi connectivity index (χ2v) is 12.0. The molecule has 0 saturated carbocycles. The molecule has 0 aromatic heterocycles. The van der Waals surface area contributed by atoms with Crippen molar-refractivity contribution < 1.29 is 32.5 Å². The van der Waals surface area contributed by atoms with Gasteiger partial charge in [-0.05, 0) is 53.9 Å². The molecule has 0 bridgehead atoms. The number of sulfonamides is 1. The summed E-state index contributed by atoms with van der Waals surface area (Å²) in [7, 11) is -2.12. The molecule has 1 saturated heterocycles. The number of rotatable bonds is 11. The van der Waals surface area contributed by atoms with Crippen LogP contribution in [0.2, 0.25) is 0 Å². The molecule has 1 N–H and O–H groups in total. The molecule has 0 amide bonds. The molecular formula is C30H34N2O7S. The van der Waals surface area contributed by atoms with Crippen molar-refractivity contribution in [2.45, 2.75) is 30.2 Å². The van der Waals surface area contributed by atoms with Crippen LogP contribution in [0.1, 0.15) is 36.4 Å². The van der Waals surface area contributed by atoms with Crippen molar-refractivity contribution >= 4 is 16.0 Å². The lowest BCUT2D eigenvalue weighted by atomic mass is 9.82. The minimum Gasteiger partial charge on any atom is -0.497 e. The summed E-state index contributed by atoms with van der Waals surface area (Å²) in [6.07, 6.45) is 0.658. The van der Waals surface area contributed by atoms with Gasteiger partial charge in [-0.3, -0.25) is 9.69 Å². The summed E-state index contributed by atoms with van der Waals surface area (Å²) in [6.45, 7) is 3.49. The first-order valence-corrected chi connectivity index (χ1v) is 14.8. The van der Waals surface area contributed by atoms with Gasteiger partial charge in [0.1, 0.15) is 5.75 Å². The lowest BCUT2D eigenvalue weighted by Crippen LogP contribution is -2.39. The van der Waals surface area contributed by atoms with Gasteiger partial charge in [0, 0.05) is 38.1 Å². The molecule has 3 aromatic rings. The first kappa shape index (κ1) is 27.9. The molecule has 40 heavy (non-hydrogen) atoms. The first-order chi connectivity index (χ1) is 19.3. The van der Waals surface area contributed by atoms with Crippen molar-refractivity contribution in [3.8, 4) is 17.2 Å². The van der Waals surface area contributed by atoms with Crippen molar-refractivity contribution in [3.05, 3.63) is 83.9 Å². The summed E-state index contributed by atoms with van der Waals surface area (Å²) in [5.74, 6) is -0.102. The Morgan fingerprint density at radius 2 is 1.70 bits per heavy atom. The topological polar surface area (TPSA) is 106 Å². The van der Waals surface area contributed by atoms with Crippen molar-refractivity contribution in [3.63, 3.8) is 0 Å². The van der Waals surface area contributed by atoms with E-state index in [0.29, 0.717) is 43.3 Å². The molecule has 10 heteroatoms. The van der Waals surface area contributed by atoms with Crippen molar-refractivity contribution in [2.75, 3.05) is 40.1 Å². The Hall–Kier alpha value is -3.60. The summed E-state index contributed by atoms with van der Waals surface area (Å²) in [6, 6.07) is 20.9. The number of hydrogen-bond donors (Lipinski definition) is 1. The quantitative estimate of drug-likeness (QED) is 0.365. The van der Waals surface area contributed by atoms with E-state index in [9.17, 15) is 18.3 Å². The van der Waals surface area contributed by atoms with Crippen LogP contribution < -0.4 is 14.2 Å². The largest absolute Gasteiger partial charge is 0.497 e. The van der Waals surface area contributed by atoms with Crippen LogP contribution in [0.5, 0.6) is 17.2 Å². The summed E-state index contributed by atoms with van der Waals surface area (Å²) in [5, 5.41) is 10.5. The molecule has 3 aromatic carbocycles. The minimum absolute atomic E-state index is 0.134. The molecule has 2 aliphatic rings. The zero-order valence-corrected chi connectivity index (χ0v) is 23.4. The summed E-state index contributed by atoms with van der Waals surface area (Å²) < 4.78 is 44.8. The Morgan fingerprint density at radius 1 is 1.00 bits per heavy atom. The number of likely N-dealkylation sites (tertiary alicyclic amines) is 1. The first-order valence-electron chi connectivity index (χ1n) is 13.4. The predicted octanol–water partition coefficient (Wildman–Crippen LogP) is 4.37. The maximum atomic E-state index is 13.5. The average Bonchev–Trinajstić information content (AvgIpc) is 3.60. The monoisotopic (exact) mass is 566 g/mol. The highest BCUT2D eigenvalue weighted by Gasteiger charge is 2.47. The fourth-order valence-corrected chi connectivity index (χ4v) is 7.27. The van der Waals surface area contributed by atoms with Gasteiger partial charge >= 0.3 is 5.97 Å². The number of carboxylic acid groups (broad SMARTS) is 1. The van der Waals surface area contributed by atoms with Gasteiger partial charge in [0.05, 0.1) is 17.9 Å². The van der Waals surface area contributed by atoms with Gasteiger partial charge in [-0.25, -0.2) is 8.42 Å². The Labute approximate surface area is 234 Å². The number of aliphatic carboxylic acids is 1. The molecule has 0 spiro atoms. The number of ether oxygens (including phenoxy) is 3. The third-order valence-corrected chi connectivity index (χ3v) is 9.57. The molecule has 2 aliphatic heterocycles. The Bertz CT molecular complexity index is 1430. The van der Waals surface area contributed by atoms with Crippen LogP contribution in [-0.2, 0) is 14.8 Å². The van der Waals surface area contributed by atoms with E-state index in [1.165, 1.54) is 4.31 Å². The third-order valence-electron chi connectivity index (χ3n) is 7.66. The van der Waals surface area contributed by atoms with Crippen molar-refractivity contribution in [1.29, 1.82) is 0 Å². The molecule has 0 radical (unpaired) electrons. The molecule has 212 valence electrons. The predicted molar refractivity (Wildman–Crippen MR) is 149 cm³/mol. The molecule has 1 fully saturated rings. The van der Waals surface area contributed by atoms with E-state index in [1.807, 2.05) is 49.4 Å². The van der Waals surface area contributed by atoms with E-state index in [-0.39, 0.29) is 24.2 Å². The Balaban J connectivity index is 1.48. The maximum Gasteiger partial charge on any atom is 0.309 e. The van der Waals surface area contributed by atoms with Crippen LogP contribution in [0.3, 0.4) is 0 Å². The van der Waals surface area contributed by atoms with E-state index in [4.69, 9.17) is 14.2 Å². The van der Waals surface area contributed by atoms with E-state index in [1.54, 1.807) is 37.4 Å². The third kappa shape index (κ3) is 5.52. The number of fused-ring (bicyclic) bond motifs is 1. The molecule has 5 rings (SSSR count). The number of hydrogen-bond acceptors (Lipinski definition) is 7. The fraction of sp³-hybridized carbons (Fsp3) is 0.367. The zero-order chi connectivity index (χ0) is 28.3. The summed E-state index contributed by atoms with van der Waals surface area (Å²) in [4.78, 5) is 15.2. The van der Waals surface area contributed by atoms with E-state index >= 15 is 0 Å². The van der Waals surface area contributed by atoms with E-state index < -0.39 is 28.0 Å². The van der Waals surface area contributed by atoms with Gasteiger partial charge in [0.2, 0.25) is 16.8 Å². The van der Waals surface area contributed by atoms with Crippen LogP contribution in [0.25, 0.3) is 0 Å². The standard InChI is InChI=1S/C30H34N2O7S/c1-3-15-32(40(35,36)24-7-5-4-6-8-24)17-16-31-19-25(22-11-14-26-27(18-22)39-20-38-26)28(30(33)34)29(31)21-9-12-23(37-2)13-10-21/h4-14,18,25,28-29H,3,15-17,19-20H2,1-2H3,(H,33,34)/t25-,28-,29+/m0/s1. The Morgan fingerprint density at radius 3 is 2.38 bits per heavy atom. The van der Waals surface area contributed by atoms with Gasteiger partial charge in [0.25, 0.3) is 0 Å². The molecule has 3 atom stereocenters. The highest BCUT2D eigenvalue weighted by atomic mass is 32.2. The second kappa shape index (κ2) is 11.9. The average molecular weight is 567 g/mol.